The fourth-order valence-corrected chi connectivity index (χ4v) is 3.36. The number of hydrogen-bond donors (Lipinski definition) is 1. The summed E-state index contributed by atoms with van der Waals surface area (Å²) in [6.45, 7) is 4.06. The van der Waals surface area contributed by atoms with E-state index >= 15 is 0 Å². The van der Waals surface area contributed by atoms with E-state index in [9.17, 15) is 4.79 Å². The van der Waals surface area contributed by atoms with E-state index in [1.54, 1.807) is 16.8 Å². The molecule has 0 aliphatic carbocycles. The molecule has 1 aromatic heterocycles. The summed E-state index contributed by atoms with van der Waals surface area (Å²) >= 11 is 6.12. The van der Waals surface area contributed by atoms with Crippen LogP contribution in [0.3, 0.4) is 0 Å². The van der Waals surface area contributed by atoms with Crippen molar-refractivity contribution in [2.24, 2.45) is 5.10 Å². The van der Waals surface area contributed by atoms with Gasteiger partial charge in [-0.1, -0.05) is 71.8 Å². The van der Waals surface area contributed by atoms with Crippen LogP contribution in [0.1, 0.15) is 27.2 Å². The molecule has 1 N–H and O–H groups in total. The van der Waals surface area contributed by atoms with Gasteiger partial charge in [0.2, 0.25) is 0 Å². The summed E-state index contributed by atoms with van der Waals surface area (Å²) in [5, 5.41) is 9.16. The molecule has 31 heavy (non-hydrogen) atoms. The van der Waals surface area contributed by atoms with E-state index in [1.807, 2.05) is 80.6 Å². The average Bonchev–Trinajstić information content (AvgIpc) is 3.21. The quantitative estimate of drug-likeness (QED) is 0.333. The first-order chi connectivity index (χ1) is 15.0. The molecule has 0 aliphatic rings. The molecular formula is C25H21ClN4O. The van der Waals surface area contributed by atoms with Gasteiger partial charge in [-0.2, -0.15) is 10.2 Å². The number of rotatable bonds is 5. The average molecular weight is 429 g/mol. The third kappa shape index (κ3) is 4.73. The summed E-state index contributed by atoms with van der Waals surface area (Å²) in [6.07, 6.45) is 1.51. The Morgan fingerprint density at radius 3 is 2.48 bits per heavy atom. The lowest BCUT2D eigenvalue weighted by atomic mass is 10.1. The van der Waals surface area contributed by atoms with Gasteiger partial charge in [-0.3, -0.25) is 4.79 Å². The molecule has 4 aromatic rings. The molecule has 0 fully saturated rings. The second-order valence-corrected chi connectivity index (χ2v) is 7.66. The van der Waals surface area contributed by atoms with Crippen molar-refractivity contribution in [1.29, 1.82) is 0 Å². The molecule has 0 aliphatic heterocycles. The van der Waals surface area contributed by atoms with E-state index in [1.165, 1.54) is 6.21 Å². The number of nitrogens with one attached hydrogen (secondary N) is 1. The van der Waals surface area contributed by atoms with Crippen molar-refractivity contribution in [3.63, 3.8) is 0 Å². The highest BCUT2D eigenvalue weighted by Gasteiger charge is 2.16. The van der Waals surface area contributed by atoms with Gasteiger partial charge in [-0.15, -0.1) is 0 Å². The lowest BCUT2D eigenvalue weighted by Gasteiger charge is -2.08. The maximum Gasteiger partial charge on any atom is 0.291 e. The van der Waals surface area contributed by atoms with Crippen molar-refractivity contribution in [3.8, 4) is 16.9 Å². The molecular weight excluding hydrogens is 408 g/mol. The molecule has 1 amide bonds. The van der Waals surface area contributed by atoms with Gasteiger partial charge in [0.15, 0.2) is 5.69 Å². The summed E-state index contributed by atoms with van der Waals surface area (Å²) in [4.78, 5) is 12.7. The zero-order valence-electron chi connectivity index (χ0n) is 17.2. The van der Waals surface area contributed by atoms with Crippen LogP contribution >= 0.6 is 11.6 Å². The second kappa shape index (κ2) is 8.98. The van der Waals surface area contributed by atoms with Gasteiger partial charge < -0.3 is 0 Å². The van der Waals surface area contributed by atoms with E-state index in [4.69, 9.17) is 11.6 Å². The van der Waals surface area contributed by atoms with Crippen molar-refractivity contribution >= 4 is 23.7 Å². The van der Waals surface area contributed by atoms with Gasteiger partial charge in [0.05, 0.1) is 17.6 Å². The van der Waals surface area contributed by atoms with E-state index in [2.05, 4.69) is 15.6 Å². The Labute approximate surface area is 186 Å². The van der Waals surface area contributed by atoms with Crippen LogP contribution in [0.5, 0.6) is 0 Å². The van der Waals surface area contributed by atoms with Crippen molar-refractivity contribution < 1.29 is 4.79 Å². The van der Waals surface area contributed by atoms with Gasteiger partial charge in [-0.05, 0) is 43.7 Å². The van der Waals surface area contributed by atoms with Crippen LogP contribution in [-0.2, 0) is 0 Å². The number of benzene rings is 3. The number of hydrogen-bond acceptors (Lipinski definition) is 3. The molecule has 0 unspecified atom stereocenters. The Morgan fingerprint density at radius 2 is 1.74 bits per heavy atom. The van der Waals surface area contributed by atoms with Crippen LogP contribution in [0.25, 0.3) is 16.9 Å². The van der Waals surface area contributed by atoms with Crippen LogP contribution in [0.4, 0.5) is 0 Å². The Hall–Kier alpha value is -3.70. The smallest absolute Gasteiger partial charge is 0.265 e. The number of carbonyl (C=O) groups is 1. The molecule has 6 heteroatoms. The highest BCUT2D eigenvalue weighted by atomic mass is 35.5. The minimum absolute atomic E-state index is 0.272. The number of halogens is 1. The van der Waals surface area contributed by atoms with E-state index in [-0.39, 0.29) is 5.69 Å². The van der Waals surface area contributed by atoms with Crippen LogP contribution in [0.15, 0.2) is 84.0 Å². The van der Waals surface area contributed by atoms with Crippen molar-refractivity contribution in [2.75, 3.05) is 0 Å². The fraction of sp³-hybridized carbons (Fsp3) is 0.0800. The maximum atomic E-state index is 12.7. The van der Waals surface area contributed by atoms with Crippen LogP contribution < -0.4 is 5.43 Å². The minimum Gasteiger partial charge on any atom is -0.265 e. The third-order valence-electron chi connectivity index (χ3n) is 4.81. The SMILES string of the molecule is Cc1ccc(-c2cc(C(=O)N/N=C\c3ccccc3Cl)nn2-c2cccc(C)c2)cc1. The third-order valence-corrected chi connectivity index (χ3v) is 5.15. The predicted molar refractivity (Wildman–Crippen MR) is 125 cm³/mol. The molecule has 0 saturated carbocycles. The number of aromatic nitrogens is 2. The second-order valence-electron chi connectivity index (χ2n) is 7.25. The summed E-state index contributed by atoms with van der Waals surface area (Å²) < 4.78 is 1.78. The lowest BCUT2D eigenvalue weighted by molar-refractivity contribution is 0.0949. The molecule has 1 heterocycles. The monoisotopic (exact) mass is 428 g/mol. The van der Waals surface area contributed by atoms with Crippen molar-refractivity contribution in [2.45, 2.75) is 13.8 Å². The predicted octanol–water partition coefficient (Wildman–Crippen LogP) is 5.57. The summed E-state index contributed by atoms with van der Waals surface area (Å²) in [7, 11) is 0. The Morgan fingerprint density at radius 1 is 0.968 bits per heavy atom. The molecule has 0 bridgehead atoms. The molecule has 0 saturated heterocycles. The van der Waals surface area contributed by atoms with Crippen LogP contribution in [-0.4, -0.2) is 21.9 Å². The first-order valence-corrected chi connectivity index (χ1v) is 10.2. The van der Waals surface area contributed by atoms with Crippen LogP contribution in [0.2, 0.25) is 5.02 Å². The molecule has 5 nitrogen and oxygen atoms in total. The van der Waals surface area contributed by atoms with Crippen molar-refractivity contribution in [3.05, 3.63) is 106 Å². The minimum atomic E-state index is -0.400. The van der Waals surface area contributed by atoms with Gasteiger partial charge in [0, 0.05) is 16.1 Å². The highest BCUT2D eigenvalue weighted by Crippen LogP contribution is 2.25. The Bertz CT molecular complexity index is 1260. The van der Waals surface area contributed by atoms with Gasteiger partial charge in [0.25, 0.3) is 5.91 Å². The largest absolute Gasteiger partial charge is 0.291 e. The Kier molecular flexibility index (Phi) is 5.96. The number of carbonyl (C=O) groups excluding carboxylic acids is 1. The fourth-order valence-electron chi connectivity index (χ4n) is 3.18. The molecule has 0 spiro atoms. The number of nitrogens with zero attached hydrogens (tertiary/aromatic N) is 3. The number of aryl methyl sites for hydroxylation is 2. The molecule has 0 radical (unpaired) electrons. The van der Waals surface area contributed by atoms with Gasteiger partial charge in [0.1, 0.15) is 0 Å². The molecule has 4 rings (SSSR count). The van der Waals surface area contributed by atoms with Gasteiger partial charge >= 0.3 is 0 Å². The summed E-state index contributed by atoms with van der Waals surface area (Å²) in [6, 6.07) is 25.2. The van der Waals surface area contributed by atoms with Crippen LogP contribution in [0, 0.1) is 13.8 Å². The Balaban J connectivity index is 1.66. The maximum absolute atomic E-state index is 12.7. The first-order valence-electron chi connectivity index (χ1n) is 9.83. The lowest BCUT2D eigenvalue weighted by Crippen LogP contribution is -2.18. The highest BCUT2D eigenvalue weighted by molar-refractivity contribution is 6.33. The normalized spacial score (nSPS) is 11.1. The van der Waals surface area contributed by atoms with E-state index < -0.39 is 5.91 Å². The van der Waals surface area contributed by atoms with Crippen molar-refractivity contribution in [1.82, 2.24) is 15.2 Å². The topological polar surface area (TPSA) is 59.3 Å². The standard InChI is InChI=1S/C25H21ClN4O/c1-17-10-12-19(13-11-17)24-15-23(29-30(24)21-8-5-6-18(2)14-21)25(31)28-27-16-20-7-3-4-9-22(20)26/h3-16H,1-2H3,(H,28,31)/b27-16-. The first kappa shape index (κ1) is 20.6. The zero-order chi connectivity index (χ0) is 21.8. The molecule has 154 valence electrons. The summed E-state index contributed by atoms with van der Waals surface area (Å²) in [5.74, 6) is -0.400. The van der Waals surface area contributed by atoms with E-state index in [0.717, 1.165) is 33.6 Å². The number of hydrazone groups is 1. The van der Waals surface area contributed by atoms with E-state index in [0.29, 0.717) is 5.02 Å². The summed E-state index contributed by atoms with van der Waals surface area (Å²) in [5.41, 5.74) is 8.48. The molecule has 3 aromatic carbocycles. The van der Waals surface area contributed by atoms with Gasteiger partial charge in [-0.25, -0.2) is 10.1 Å². The molecule has 0 atom stereocenters. The zero-order valence-corrected chi connectivity index (χ0v) is 18.0. The number of amides is 1.